The molecule has 6 nitrogen and oxygen atoms in total. The number of allylic oxidation sites excluding steroid dienone is 8. The van der Waals surface area contributed by atoms with Gasteiger partial charge in [0.25, 0.3) is 0 Å². The van der Waals surface area contributed by atoms with Crippen LogP contribution in [0.4, 0.5) is 28.4 Å². The fourth-order valence-electron chi connectivity index (χ4n) is 19.6. The third kappa shape index (κ3) is 9.57. The van der Waals surface area contributed by atoms with Gasteiger partial charge in [-0.05, 0) is 210 Å². The van der Waals surface area contributed by atoms with E-state index in [4.69, 9.17) is 0 Å². The second kappa shape index (κ2) is 24.5. The van der Waals surface area contributed by atoms with Crippen LogP contribution in [0.25, 0.3) is 153 Å². The first-order valence-electron chi connectivity index (χ1n) is 39.1. The van der Waals surface area contributed by atoms with Gasteiger partial charge < -0.3 is 27.7 Å². The molecule has 21 aromatic rings. The van der Waals surface area contributed by atoms with Crippen LogP contribution in [0, 0.1) is 0 Å². The number of hydrogen-bond acceptors (Lipinski definition) is 2. The van der Waals surface area contributed by atoms with E-state index in [2.05, 4.69) is 406 Å². The highest BCUT2D eigenvalue weighted by molar-refractivity contribution is 6.25. The molecule has 15 aromatic carbocycles. The van der Waals surface area contributed by atoms with Crippen LogP contribution in [0.5, 0.6) is 0 Å². The van der Waals surface area contributed by atoms with Crippen molar-refractivity contribution in [2.45, 2.75) is 44.9 Å². The van der Waals surface area contributed by atoms with Crippen LogP contribution in [0.3, 0.4) is 0 Å². The molecule has 0 bridgehead atoms. The summed E-state index contributed by atoms with van der Waals surface area (Å²) in [4.78, 5) is 4.97. The molecule has 0 unspecified atom stereocenters. The highest BCUT2D eigenvalue weighted by Crippen LogP contribution is 2.53. The number of anilines is 5. The summed E-state index contributed by atoms with van der Waals surface area (Å²) < 4.78 is 9.72. The molecule has 111 heavy (non-hydrogen) atoms. The lowest BCUT2D eigenvalue weighted by Gasteiger charge is -2.30. The summed E-state index contributed by atoms with van der Waals surface area (Å²) in [6.07, 6.45) is 15.8. The molecule has 0 atom stereocenters. The van der Waals surface area contributed by atoms with Gasteiger partial charge in [-0.15, -0.1) is 0 Å². The molecule has 3 aliphatic carbocycles. The Labute approximate surface area is 642 Å². The van der Waals surface area contributed by atoms with Crippen molar-refractivity contribution in [1.82, 2.24) is 17.9 Å². The Balaban J connectivity index is 0.000000133. The monoisotopic (exact) mass is 1420 g/mol. The summed E-state index contributed by atoms with van der Waals surface area (Å²) >= 11 is 0. The number of nitrogens with zero attached hydrogens (tertiary/aromatic N) is 6. The molecule has 3 aliphatic rings. The second-order valence-electron chi connectivity index (χ2n) is 30.9. The predicted octanol–water partition coefficient (Wildman–Crippen LogP) is 28.3. The van der Waals surface area contributed by atoms with Crippen molar-refractivity contribution < 1.29 is 0 Å². The van der Waals surface area contributed by atoms with Gasteiger partial charge in [0.05, 0.1) is 55.2 Å². The van der Waals surface area contributed by atoms with Crippen molar-refractivity contribution in [3.8, 4) is 33.6 Å². The second-order valence-corrected chi connectivity index (χ2v) is 30.9. The molecule has 0 saturated heterocycles. The van der Waals surface area contributed by atoms with Crippen molar-refractivity contribution in [2.24, 2.45) is 0 Å². The largest absolute Gasteiger partial charge is 0.314 e. The number of benzene rings is 15. The zero-order valence-corrected chi connectivity index (χ0v) is 61.7. The van der Waals surface area contributed by atoms with E-state index in [0.717, 1.165) is 48.4 Å². The van der Waals surface area contributed by atoms with Crippen LogP contribution in [-0.2, 0) is 5.41 Å². The Kier molecular flexibility index (Phi) is 14.0. The van der Waals surface area contributed by atoms with Gasteiger partial charge in [0.15, 0.2) is 0 Å². The first-order valence-corrected chi connectivity index (χ1v) is 39.1. The van der Waals surface area contributed by atoms with Gasteiger partial charge in [0, 0.05) is 116 Å². The van der Waals surface area contributed by atoms with Gasteiger partial charge >= 0.3 is 0 Å². The van der Waals surface area contributed by atoms with Gasteiger partial charge in [-0.25, -0.2) is 0 Å². The maximum absolute atomic E-state index is 2.49. The molecule has 0 spiro atoms. The third-order valence-electron chi connectivity index (χ3n) is 24.7. The standard InChI is InChI=1S/C54H39N3.C51H35N3/c1-3-12-36(13-4-1)37-22-27-41(28-23-37)55(43-31-33-52-49(35-43)48-19-11-18-47-45-17-8-10-21-51(45)57(52)54(47)48)42-29-24-38(25-30-42)39-26-32-46-44-16-7-9-20-50(44)56(53(46)34-39)40-14-5-2-6-15-40;1-51(2)44-20-9-6-15-36(44)37-26-23-35(31-45(37)51)52(33-24-27-48-42(29-33)39-17-8-10-21-46(39)53(48)32-13-4-3-5-14-32)34-25-28-49-43(30-34)41-19-12-18-40-38-16-7-11-22-47(38)54(49)50(40)41/h1-3,5-12,14-22,24-27,29-35H,4,13,23,28H2;3-31H,1-2H3. The number of aromatic nitrogens is 4. The quantitative estimate of drug-likeness (QED) is 0.136. The maximum atomic E-state index is 2.49. The fraction of sp³-hybridized carbons (Fsp3) is 0.0667. The predicted molar refractivity (Wildman–Crippen MR) is 469 cm³/mol. The lowest BCUT2D eigenvalue weighted by molar-refractivity contribution is 0.660. The Hall–Kier alpha value is -13.9. The molecule has 6 aromatic heterocycles. The summed E-state index contributed by atoms with van der Waals surface area (Å²) in [5.41, 5.74) is 32.5. The minimum atomic E-state index is -0.112. The molecule has 524 valence electrons. The molecule has 0 saturated carbocycles. The normalized spacial score (nSPS) is 14.1. The maximum Gasteiger partial charge on any atom is 0.0620 e. The van der Waals surface area contributed by atoms with Crippen LogP contribution in [0.2, 0.25) is 0 Å². The summed E-state index contributed by atoms with van der Waals surface area (Å²) in [7, 11) is 0. The zero-order chi connectivity index (χ0) is 73.2. The lowest BCUT2D eigenvalue weighted by Crippen LogP contribution is -2.18. The molecular weight excluding hydrogens is 1350 g/mol. The SMILES string of the molecule is C1=CCCC(C2=CC=C(N(c3ccc(-c4ccc5c6ccccc6n(-c6ccccc6)c5c4)cc3)c3ccc4c(c3)c3cccc5c6ccccc6n4c53)CC2)=C1.CC1(C)c2ccccc2-c2ccc(N(c3ccc4c(c3)c3ccccc3n4-c3ccccc3)c3ccc4c(c3)c3cccc5c6ccccc6n4c53)cc21. The number of para-hydroxylation sites is 8. The highest BCUT2D eigenvalue weighted by Gasteiger charge is 2.36. The van der Waals surface area contributed by atoms with E-state index in [0.29, 0.717) is 0 Å². The van der Waals surface area contributed by atoms with Gasteiger partial charge in [-0.3, -0.25) is 0 Å². The molecule has 6 heterocycles. The molecule has 0 N–H and O–H groups in total. The topological polar surface area (TPSA) is 25.2 Å². The van der Waals surface area contributed by atoms with Gasteiger partial charge in [0.2, 0.25) is 0 Å². The van der Waals surface area contributed by atoms with E-state index < -0.39 is 0 Å². The summed E-state index contributed by atoms with van der Waals surface area (Å²) in [5, 5.41) is 15.4. The lowest BCUT2D eigenvalue weighted by atomic mass is 9.82. The minimum Gasteiger partial charge on any atom is -0.314 e. The third-order valence-corrected chi connectivity index (χ3v) is 24.7. The first-order chi connectivity index (χ1) is 54.8. The Bertz CT molecular complexity index is 7540. The van der Waals surface area contributed by atoms with Crippen molar-refractivity contribution in [1.29, 1.82) is 0 Å². The van der Waals surface area contributed by atoms with E-state index in [9.17, 15) is 0 Å². The molecule has 0 amide bonds. The summed E-state index contributed by atoms with van der Waals surface area (Å²) in [6.45, 7) is 4.73. The summed E-state index contributed by atoms with van der Waals surface area (Å²) in [5.74, 6) is 0. The van der Waals surface area contributed by atoms with Crippen molar-refractivity contribution in [2.75, 3.05) is 9.80 Å². The van der Waals surface area contributed by atoms with Crippen molar-refractivity contribution in [3.05, 3.63) is 392 Å². The van der Waals surface area contributed by atoms with Crippen LogP contribution in [-0.4, -0.2) is 17.9 Å². The van der Waals surface area contributed by atoms with Gasteiger partial charge in [-0.2, -0.15) is 0 Å². The molecule has 0 aliphatic heterocycles. The fourth-order valence-corrected chi connectivity index (χ4v) is 19.6. The molecular formula is C105H74N6. The van der Waals surface area contributed by atoms with Gasteiger partial charge in [0.1, 0.15) is 0 Å². The number of hydrogen-bond donors (Lipinski definition) is 0. The Morgan fingerprint density at radius 1 is 0.270 bits per heavy atom. The molecule has 0 radical (unpaired) electrons. The smallest absolute Gasteiger partial charge is 0.0620 e. The summed E-state index contributed by atoms with van der Waals surface area (Å²) in [6, 6.07) is 123. The van der Waals surface area contributed by atoms with E-state index in [1.54, 1.807) is 0 Å². The molecule has 6 heteroatoms. The first kappa shape index (κ1) is 63.2. The van der Waals surface area contributed by atoms with E-state index in [-0.39, 0.29) is 5.41 Å². The van der Waals surface area contributed by atoms with E-state index in [1.165, 1.54) is 187 Å². The van der Waals surface area contributed by atoms with Crippen LogP contribution in [0.15, 0.2) is 381 Å². The Morgan fingerprint density at radius 2 is 0.694 bits per heavy atom. The van der Waals surface area contributed by atoms with Gasteiger partial charge in [-0.1, -0.05) is 238 Å². The molecule has 0 fully saturated rings. The highest BCUT2D eigenvalue weighted by atomic mass is 15.2. The minimum absolute atomic E-state index is 0.112. The van der Waals surface area contributed by atoms with Crippen LogP contribution < -0.4 is 9.80 Å². The van der Waals surface area contributed by atoms with E-state index >= 15 is 0 Å². The van der Waals surface area contributed by atoms with Crippen LogP contribution in [0.1, 0.15) is 50.7 Å². The average Bonchev–Trinajstić information content (AvgIpc) is 1.53. The van der Waals surface area contributed by atoms with Crippen molar-refractivity contribution >= 4 is 148 Å². The number of fused-ring (bicyclic) bond motifs is 21. The average molecular weight is 1420 g/mol. The Morgan fingerprint density at radius 3 is 1.28 bits per heavy atom. The number of rotatable bonds is 10. The van der Waals surface area contributed by atoms with Crippen molar-refractivity contribution in [3.63, 3.8) is 0 Å². The zero-order valence-electron chi connectivity index (χ0n) is 61.7. The van der Waals surface area contributed by atoms with Crippen LogP contribution >= 0.6 is 0 Å². The van der Waals surface area contributed by atoms with E-state index in [1.807, 2.05) is 0 Å². The molecule has 24 rings (SSSR count).